The van der Waals surface area contributed by atoms with Crippen molar-refractivity contribution in [1.29, 1.82) is 0 Å². The fourth-order valence-electron chi connectivity index (χ4n) is 2.42. The van der Waals surface area contributed by atoms with E-state index < -0.39 is 0 Å². The molecule has 3 nitrogen and oxygen atoms in total. The van der Waals surface area contributed by atoms with Crippen molar-refractivity contribution in [1.82, 2.24) is 0 Å². The Labute approximate surface area is 104 Å². The van der Waals surface area contributed by atoms with E-state index in [4.69, 9.17) is 10.5 Å². The molecule has 1 fully saturated rings. The molecule has 1 atom stereocenters. The number of nitrogens with zero attached hydrogens (tertiary/aromatic N) is 1. The van der Waals surface area contributed by atoms with Crippen molar-refractivity contribution in [3.8, 4) is 0 Å². The van der Waals surface area contributed by atoms with Gasteiger partial charge in [0.1, 0.15) is 0 Å². The Morgan fingerprint density at radius 1 is 1.41 bits per heavy atom. The molecule has 0 bridgehead atoms. The van der Waals surface area contributed by atoms with E-state index in [1.54, 1.807) is 0 Å². The third kappa shape index (κ3) is 2.99. The van der Waals surface area contributed by atoms with E-state index in [1.165, 1.54) is 24.1 Å². The zero-order valence-corrected chi connectivity index (χ0v) is 10.6. The summed E-state index contributed by atoms with van der Waals surface area (Å²) in [5, 5.41) is 0. The smallest absolute Gasteiger partial charge is 0.0750 e. The van der Waals surface area contributed by atoms with Gasteiger partial charge < -0.3 is 15.4 Å². The first-order valence-corrected chi connectivity index (χ1v) is 6.49. The number of benzene rings is 1. The van der Waals surface area contributed by atoms with Crippen LogP contribution in [0.15, 0.2) is 24.3 Å². The summed E-state index contributed by atoms with van der Waals surface area (Å²) in [4.78, 5) is 2.37. The Morgan fingerprint density at radius 2 is 2.24 bits per heavy atom. The Kier molecular flexibility index (Phi) is 4.40. The minimum absolute atomic E-state index is 0.390. The lowest BCUT2D eigenvalue weighted by Gasteiger charge is -2.28. The first kappa shape index (κ1) is 12.4. The average Bonchev–Trinajstić information content (AvgIpc) is 2.89. The molecule has 2 N–H and O–H groups in total. The highest BCUT2D eigenvalue weighted by molar-refractivity contribution is 5.53. The van der Waals surface area contributed by atoms with Crippen LogP contribution in [0.5, 0.6) is 0 Å². The van der Waals surface area contributed by atoms with Gasteiger partial charge in [0.2, 0.25) is 0 Å². The number of likely N-dealkylation sites (N-methyl/N-ethyl adjacent to an activating group) is 1. The summed E-state index contributed by atoms with van der Waals surface area (Å²) in [6.07, 6.45) is 2.77. The van der Waals surface area contributed by atoms with Crippen LogP contribution in [-0.4, -0.2) is 25.8 Å². The lowest BCUT2D eigenvalue weighted by Crippen LogP contribution is -2.32. The molecule has 2 rings (SSSR count). The maximum Gasteiger partial charge on any atom is 0.0750 e. The van der Waals surface area contributed by atoms with Crippen LogP contribution in [0, 0.1) is 0 Å². The van der Waals surface area contributed by atoms with Crippen molar-refractivity contribution in [2.24, 2.45) is 5.73 Å². The summed E-state index contributed by atoms with van der Waals surface area (Å²) in [5.74, 6) is 0. The van der Waals surface area contributed by atoms with Gasteiger partial charge in [0.05, 0.1) is 6.10 Å². The largest absolute Gasteiger partial charge is 0.376 e. The van der Waals surface area contributed by atoms with E-state index in [9.17, 15) is 0 Å². The van der Waals surface area contributed by atoms with Gasteiger partial charge >= 0.3 is 0 Å². The second-order valence-electron chi connectivity index (χ2n) is 4.51. The molecule has 1 aliphatic heterocycles. The third-order valence-electron chi connectivity index (χ3n) is 3.38. The maximum absolute atomic E-state index is 5.79. The van der Waals surface area contributed by atoms with Crippen molar-refractivity contribution < 1.29 is 4.74 Å². The number of para-hydroxylation sites is 1. The predicted octanol–water partition coefficient (Wildman–Crippen LogP) is 2.15. The Hall–Kier alpha value is -1.06. The fourth-order valence-corrected chi connectivity index (χ4v) is 2.42. The lowest BCUT2D eigenvalue weighted by atomic mass is 10.1. The van der Waals surface area contributed by atoms with Crippen LogP contribution < -0.4 is 10.6 Å². The summed E-state index contributed by atoms with van der Waals surface area (Å²) in [5.41, 5.74) is 8.27. The van der Waals surface area contributed by atoms with Gasteiger partial charge in [-0.05, 0) is 31.4 Å². The molecule has 0 saturated carbocycles. The van der Waals surface area contributed by atoms with Gasteiger partial charge in [-0.3, -0.25) is 0 Å². The molecule has 3 heteroatoms. The second kappa shape index (κ2) is 6.03. The lowest BCUT2D eigenvalue weighted by molar-refractivity contribution is 0.115. The quantitative estimate of drug-likeness (QED) is 0.848. The van der Waals surface area contributed by atoms with E-state index in [1.807, 2.05) is 6.07 Å². The van der Waals surface area contributed by atoms with Crippen LogP contribution >= 0.6 is 0 Å². The average molecular weight is 234 g/mol. The Bertz CT molecular complexity index is 348. The normalized spacial score (nSPS) is 19.5. The van der Waals surface area contributed by atoms with Gasteiger partial charge in [-0.2, -0.15) is 0 Å². The molecular formula is C14H22N2O. The van der Waals surface area contributed by atoms with E-state index in [0.717, 1.165) is 19.7 Å². The standard InChI is InChI=1S/C14H22N2O/c1-2-16(11-13-7-5-9-17-13)14-8-4-3-6-12(14)10-15/h3-4,6,8,13H,2,5,7,9-11,15H2,1H3. The van der Waals surface area contributed by atoms with Crippen molar-refractivity contribution in [2.45, 2.75) is 32.4 Å². The molecule has 1 aromatic rings. The molecule has 0 spiro atoms. The van der Waals surface area contributed by atoms with Gasteiger partial charge in [0.15, 0.2) is 0 Å². The van der Waals surface area contributed by atoms with Gasteiger partial charge in [-0.15, -0.1) is 0 Å². The van der Waals surface area contributed by atoms with Crippen molar-refractivity contribution in [3.63, 3.8) is 0 Å². The van der Waals surface area contributed by atoms with Crippen LogP contribution in [-0.2, 0) is 11.3 Å². The summed E-state index contributed by atoms with van der Waals surface area (Å²) in [7, 11) is 0. The molecule has 1 unspecified atom stereocenters. The van der Waals surface area contributed by atoms with Gasteiger partial charge in [0, 0.05) is 31.9 Å². The summed E-state index contributed by atoms with van der Waals surface area (Å²) in [6.45, 7) is 5.67. The summed E-state index contributed by atoms with van der Waals surface area (Å²) < 4.78 is 5.71. The number of hydrogen-bond acceptors (Lipinski definition) is 3. The molecule has 1 saturated heterocycles. The Balaban J connectivity index is 2.10. The third-order valence-corrected chi connectivity index (χ3v) is 3.38. The van der Waals surface area contributed by atoms with E-state index in [0.29, 0.717) is 12.6 Å². The zero-order chi connectivity index (χ0) is 12.1. The molecule has 0 amide bonds. The Morgan fingerprint density at radius 3 is 2.88 bits per heavy atom. The summed E-state index contributed by atoms with van der Waals surface area (Å²) in [6, 6.07) is 8.38. The molecular weight excluding hydrogens is 212 g/mol. The molecule has 17 heavy (non-hydrogen) atoms. The van der Waals surface area contributed by atoms with Crippen LogP contribution in [0.3, 0.4) is 0 Å². The van der Waals surface area contributed by atoms with E-state index in [2.05, 4.69) is 30.0 Å². The minimum atomic E-state index is 0.390. The van der Waals surface area contributed by atoms with E-state index in [-0.39, 0.29) is 0 Å². The SMILES string of the molecule is CCN(CC1CCCO1)c1ccccc1CN. The molecule has 0 aliphatic carbocycles. The second-order valence-corrected chi connectivity index (χ2v) is 4.51. The number of anilines is 1. The van der Waals surface area contributed by atoms with Crippen molar-refractivity contribution in [3.05, 3.63) is 29.8 Å². The van der Waals surface area contributed by atoms with Crippen molar-refractivity contribution in [2.75, 3.05) is 24.6 Å². The number of hydrogen-bond donors (Lipinski definition) is 1. The van der Waals surface area contributed by atoms with Crippen LogP contribution in [0.1, 0.15) is 25.3 Å². The first-order chi connectivity index (χ1) is 8.35. The molecule has 1 aliphatic rings. The van der Waals surface area contributed by atoms with Crippen LogP contribution in [0.2, 0.25) is 0 Å². The topological polar surface area (TPSA) is 38.5 Å². The molecule has 0 radical (unpaired) electrons. The minimum Gasteiger partial charge on any atom is -0.376 e. The number of nitrogens with two attached hydrogens (primary N) is 1. The summed E-state index contributed by atoms with van der Waals surface area (Å²) >= 11 is 0. The van der Waals surface area contributed by atoms with Crippen molar-refractivity contribution >= 4 is 5.69 Å². The molecule has 1 heterocycles. The van der Waals surface area contributed by atoms with Gasteiger partial charge in [-0.25, -0.2) is 0 Å². The van der Waals surface area contributed by atoms with E-state index >= 15 is 0 Å². The highest BCUT2D eigenvalue weighted by Crippen LogP contribution is 2.22. The van der Waals surface area contributed by atoms with Gasteiger partial charge in [-0.1, -0.05) is 18.2 Å². The monoisotopic (exact) mass is 234 g/mol. The molecule has 0 aromatic heterocycles. The predicted molar refractivity (Wildman–Crippen MR) is 71.2 cm³/mol. The highest BCUT2D eigenvalue weighted by atomic mass is 16.5. The number of rotatable bonds is 5. The fraction of sp³-hybridized carbons (Fsp3) is 0.571. The van der Waals surface area contributed by atoms with Crippen LogP contribution in [0.4, 0.5) is 5.69 Å². The molecule has 1 aromatic carbocycles. The maximum atomic E-state index is 5.79. The number of ether oxygens (including phenoxy) is 1. The zero-order valence-electron chi connectivity index (χ0n) is 10.6. The first-order valence-electron chi connectivity index (χ1n) is 6.49. The highest BCUT2D eigenvalue weighted by Gasteiger charge is 2.19. The molecule has 94 valence electrons. The van der Waals surface area contributed by atoms with Crippen LogP contribution in [0.25, 0.3) is 0 Å². The van der Waals surface area contributed by atoms with Gasteiger partial charge in [0.25, 0.3) is 0 Å².